The molecule has 4 aromatic rings. The van der Waals surface area contributed by atoms with E-state index in [1.165, 1.54) is 6.07 Å². The van der Waals surface area contributed by atoms with E-state index >= 15 is 0 Å². The third-order valence-electron chi connectivity index (χ3n) is 9.95. The normalized spacial score (nSPS) is 18.6. The molecular weight excluding hydrogens is 812 g/mol. The number of carbonyl (C=O) groups excluding carboxylic acids is 3. The van der Waals surface area contributed by atoms with Gasteiger partial charge in [0, 0.05) is 47.7 Å². The highest BCUT2D eigenvalue weighted by Crippen LogP contribution is 2.26. The molecule has 0 radical (unpaired) electrons. The Balaban J connectivity index is 0.000000214. The molecule has 0 bridgehead atoms. The first-order chi connectivity index (χ1) is 29.3. The lowest BCUT2D eigenvalue weighted by molar-refractivity contribution is 0.0485. The molecule has 0 aliphatic heterocycles. The van der Waals surface area contributed by atoms with Gasteiger partial charge in [-0.25, -0.2) is 14.8 Å². The van der Waals surface area contributed by atoms with Crippen molar-refractivity contribution in [1.82, 2.24) is 35.7 Å². The summed E-state index contributed by atoms with van der Waals surface area (Å²) in [5.74, 6) is 1.03. The molecule has 3 amide bonds. The van der Waals surface area contributed by atoms with Gasteiger partial charge in [-0.1, -0.05) is 77.1 Å². The summed E-state index contributed by atoms with van der Waals surface area (Å²) in [4.78, 5) is 43.6. The molecule has 0 spiro atoms. The van der Waals surface area contributed by atoms with Crippen molar-refractivity contribution in [1.29, 1.82) is 0 Å². The topological polar surface area (TPSA) is 290 Å². The van der Waals surface area contributed by atoms with Crippen molar-refractivity contribution in [3.05, 3.63) is 76.5 Å². The molecule has 336 valence electrons. The van der Waals surface area contributed by atoms with Crippen LogP contribution < -0.4 is 44.2 Å². The average Bonchev–Trinajstić information content (AvgIpc) is 3.19. The molecule has 4 atom stereocenters. The van der Waals surface area contributed by atoms with Gasteiger partial charge in [-0.05, 0) is 82.6 Å². The monoisotopic (exact) mass is 874 g/mol. The van der Waals surface area contributed by atoms with Crippen LogP contribution in [-0.4, -0.2) is 78.0 Å². The lowest BCUT2D eigenvalue weighted by Crippen LogP contribution is -2.50. The number of anilines is 5. The standard InChI is InChI=1S/C19H27N7O.C13H14ClN5O.C11H22N2O2/c1-11(2)13-8-5-9-16(22-13)24-15-10-17(25-26-18(15)19(21)27)23-14-7-4-3-6-12(14)20;1-7(2)8-4-3-5-11(16-8)17-9-6-10(14)18-19-12(9)13(15)20;1-11(2,3)15-10(14)13-9-7-5-4-6-8(9)12/h5,8-12,14H,3-4,6-7,20H2,1-2H3,(H2,21,27)(H2,22,23,24,25);3-7H,1-2H3,(H2,15,20)(H,16,17,18);8-9H,4-7,12H2,1-3H3,(H,13,14)/t12-,14+;;8-,9+/m0.1/s1. The van der Waals surface area contributed by atoms with Crippen molar-refractivity contribution in [2.75, 3.05) is 16.0 Å². The first kappa shape index (κ1) is 48.9. The number of halogens is 1. The first-order valence-corrected chi connectivity index (χ1v) is 21.4. The Kier molecular flexibility index (Phi) is 18.1. The number of pyridine rings is 2. The highest BCUT2D eigenvalue weighted by molar-refractivity contribution is 6.29. The van der Waals surface area contributed by atoms with E-state index in [1.54, 1.807) is 12.1 Å². The molecule has 2 aliphatic carbocycles. The Morgan fingerprint density at radius 3 is 1.61 bits per heavy atom. The summed E-state index contributed by atoms with van der Waals surface area (Å²) in [6.45, 7) is 13.8. The van der Waals surface area contributed by atoms with E-state index in [0.717, 1.165) is 62.8 Å². The van der Waals surface area contributed by atoms with Crippen LogP contribution in [-0.2, 0) is 4.74 Å². The number of hydrogen-bond donors (Lipinski definition) is 8. The molecule has 2 aliphatic rings. The average molecular weight is 876 g/mol. The van der Waals surface area contributed by atoms with Crippen molar-refractivity contribution in [3.63, 3.8) is 0 Å². The molecule has 2 saturated carbocycles. The molecule has 0 unspecified atom stereocenters. The number of ether oxygens (including phenoxy) is 1. The van der Waals surface area contributed by atoms with Crippen molar-refractivity contribution in [3.8, 4) is 0 Å². The predicted octanol–water partition coefficient (Wildman–Crippen LogP) is 6.79. The minimum absolute atomic E-state index is 0.0196. The molecule has 2 fully saturated rings. The fraction of sp³-hybridized carbons (Fsp3) is 0.512. The number of amides is 3. The van der Waals surface area contributed by atoms with Gasteiger partial charge in [0.2, 0.25) is 0 Å². The summed E-state index contributed by atoms with van der Waals surface area (Å²) in [7, 11) is 0. The van der Waals surface area contributed by atoms with Crippen molar-refractivity contribution in [2.24, 2.45) is 22.9 Å². The summed E-state index contributed by atoms with van der Waals surface area (Å²) >= 11 is 5.78. The molecule has 4 aromatic heterocycles. The quantitative estimate of drug-likeness (QED) is 0.0769. The highest BCUT2D eigenvalue weighted by atomic mass is 35.5. The van der Waals surface area contributed by atoms with E-state index in [0.29, 0.717) is 40.7 Å². The zero-order valence-corrected chi connectivity index (χ0v) is 37.5. The van der Waals surface area contributed by atoms with Gasteiger partial charge in [0.15, 0.2) is 22.4 Å². The third-order valence-corrected chi connectivity index (χ3v) is 10.1. The van der Waals surface area contributed by atoms with Crippen LogP contribution in [0.5, 0.6) is 0 Å². The molecular formula is C43H63ClN14O4. The Morgan fingerprint density at radius 1 is 0.677 bits per heavy atom. The summed E-state index contributed by atoms with van der Waals surface area (Å²) in [5, 5.41) is 27.9. The largest absolute Gasteiger partial charge is 0.444 e. The molecule has 0 saturated heterocycles. The van der Waals surface area contributed by atoms with Crippen molar-refractivity contribution in [2.45, 2.75) is 141 Å². The van der Waals surface area contributed by atoms with Gasteiger partial charge in [-0.3, -0.25) is 9.59 Å². The number of alkyl carbamates (subject to hydrolysis) is 1. The van der Waals surface area contributed by atoms with Crippen LogP contribution in [0.4, 0.5) is 33.6 Å². The Morgan fingerprint density at radius 2 is 1.15 bits per heavy atom. The smallest absolute Gasteiger partial charge is 0.407 e. The maximum absolute atomic E-state index is 11.8. The van der Waals surface area contributed by atoms with Crippen LogP contribution in [0, 0.1) is 0 Å². The zero-order valence-electron chi connectivity index (χ0n) is 36.7. The van der Waals surface area contributed by atoms with Crippen LogP contribution in [0.25, 0.3) is 0 Å². The Labute approximate surface area is 368 Å². The van der Waals surface area contributed by atoms with Crippen LogP contribution in [0.1, 0.15) is 144 Å². The summed E-state index contributed by atoms with van der Waals surface area (Å²) < 4.78 is 5.18. The SMILES string of the molecule is CC(C)(C)OC(=O)N[C@H]1CCCC[C@H]1N.CC(C)c1cccc(Nc2cc(Cl)nnc2C(N)=O)n1.CC(C)c1cccc(Nc2cc(N[C@@H]3CCCC[C@@H]3N)nnc2C(N)=O)n1. The molecule has 62 heavy (non-hydrogen) atoms. The second kappa shape index (κ2) is 22.9. The Bertz CT molecular complexity index is 2120. The van der Waals surface area contributed by atoms with Crippen LogP contribution >= 0.6 is 11.6 Å². The van der Waals surface area contributed by atoms with E-state index in [-0.39, 0.29) is 46.8 Å². The molecule has 12 N–H and O–H groups in total. The number of aromatic nitrogens is 6. The molecule has 4 heterocycles. The number of nitrogens with two attached hydrogens (primary N) is 4. The van der Waals surface area contributed by atoms with Gasteiger partial charge in [-0.15, -0.1) is 20.4 Å². The Hall–Kier alpha value is -5.72. The van der Waals surface area contributed by atoms with Gasteiger partial charge in [0.05, 0.1) is 11.4 Å². The number of nitrogens with zero attached hydrogens (tertiary/aromatic N) is 6. The minimum atomic E-state index is -0.684. The third kappa shape index (κ3) is 15.6. The van der Waals surface area contributed by atoms with Crippen molar-refractivity contribution >= 4 is 58.3 Å². The zero-order chi connectivity index (χ0) is 45.6. The van der Waals surface area contributed by atoms with Crippen molar-refractivity contribution < 1.29 is 19.1 Å². The number of hydrogen-bond acceptors (Lipinski definition) is 15. The van der Waals surface area contributed by atoms with Crippen LogP contribution in [0.3, 0.4) is 0 Å². The van der Waals surface area contributed by atoms with Gasteiger partial charge in [0.1, 0.15) is 17.2 Å². The molecule has 18 nitrogen and oxygen atoms in total. The van der Waals surface area contributed by atoms with Gasteiger partial charge in [0.25, 0.3) is 11.8 Å². The number of primary amides is 2. The van der Waals surface area contributed by atoms with Gasteiger partial charge >= 0.3 is 6.09 Å². The first-order valence-electron chi connectivity index (χ1n) is 21.0. The molecule has 6 rings (SSSR count). The maximum Gasteiger partial charge on any atom is 0.407 e. The summed E-state index contributed by atoms with van der Waals surface area (Å²) in [6, 6.07) is 14.9. The van der Waals surface area contributed by atoms with E-state index < -0.39 is 17.4 Å². The fourth-order valence-corrected chi connectivity index (χ4v) is 6.82. The second-order valence-electron chi connectivity index (χ2n) is 17.0. The fourth-order valence-electron chi connectivity index (χ4n) is 6.67. The highest BCUT2D eigenvalue weighted by Gasteiger charge is 2.26. The second-order valence-corrected chi connectivity index (χ2v) is 17.4. The lowest BCUT2D eigenvalue weighted by atomic mass is 9.91. The maximum atomic E-state index is 11.8. The number of rotatable bonds is 11. The molecule has 19 heteroatoms. The number of carbonyl (C=O) groups is 3. The number of nitrogens with one attached hydrogen (secondary N) is 4. The minimum Gasteiger partial charge on any atom is -0.444 e. The van der Waals surface area contributed by atoms with E-state index in [9.17, 15) is 14.4 Å². The van der Waals surface area contributed by atoms with Crippen LogP contribution in [0.15, 0.2) is 48.5 Å². The van der Waals surface area contributed by atoms with Crippen LogP contribution in [0.2, 0.25) is 5.15 Å². The van der Waals surface area contributed by atoms with Gasteiger partial charge in [-0.2, -0.15) is 0 Å². The van der Waals surface area contributed by atoms with E-state index in [4.69, 9.17) is 39.3 Å². The lowest BCUT2D eigenvalue weighted by Gasteiger charge is -2.30. The predicted molar refractivity (Wildman–Crippen MR) is 243 cm³/mol. The van der Waals surface area contributed by atoms with Gasteiger partial charge < -0.3 is 48.9 Å². The van der Waals surface area contributed by atoms with E-state index in [2.05, 4.69) is 65.5 Å². The summed E-state index contributed by atoms with van der Waals surface area (Å²) in [6.07, 6.45) is 8.14. The summed E-state index contributed by atoms with van der Waals surface area (Å²) in [5.41, 5.74) is 25.2. The van der Waals surface area contributed by atoms with E-state index in [1.807, 2.05) is 65.0 Å². The molecule has 0 aromatic carbocycles.